The third kappa shape index (κ3) is 2.20. The van der Waals surface area contributed by atoms with Gasteiger partial charge in [0.2, 0.25) is 0 Å². The topological polar surface area (TPSA) is 67.4 Å². The zero-order chi connectivity index (χ0) is 15.9. The number of amides is 3. The predicted octanol–water partition coefficient (Wildman–Crippen LogP) is 3.07. The highest BCUT2D eigenvalue weighted by molar-refractivity contribution is 9.10. The van der Waals surface area contributed by atoms with Gasteiger partial charge in [0.15, 0.2) is 5.54 Å². The van der Waals surface area contributed by atoms with Gasteiger partial charge in [-0.3, -0.25) is 10.1 Å². The van der Waals surface area contributed by atoms with Crippen LogP contribution in [0.2, 0.25) is 0 Å². The average molecular weight is 367 g/mol. The molecule has 2 aliphatic heterocycles. The summed E-state index contributed by atoms with van der Waals surface area (Å²) in [5.41, 5.74) is -0.335. The number of fused-ring (bicyclic) bond motifs is 2. The van der Waals surface area contributed by atoms with Crippen LogP contribution in [0.4, 0.5) is 4.79 Å². The molecule has 3 atom stereocenters. The summed E-state index contributed by atoms with van der Waals surface area (Å²) >= 11 is 3.43. The summed E-state index contributed by atoms with van der Waals surface area (Å²) in [5, 5.41) is 5.24. The van der Waals surface area contributed by atoms with Gasteiger partial charge in [0.05, 0.1) is 0 Å². The van der Waals surface area contributed by atoms with Gasteiger partial charge in [-0.05, 0) is 24.6 Å². The fourth-order valence-electron chi connectivity index (χ4n) is 3.40. The zero-order valence-electron chi connectivity index (χ0n) is 12.6. The maximum absolute atomic E-state index is 12.6. The molecule has 0 saturated carbocycles. The van der Waals surface area contributed by atoms with Gasteiger partial charge in [0.1, 0.15) is 11.9 Å². The van der Waals surface area contributed by atoms with Crippen LogP contribution in [0.3, 0.4) is 0 Å². The van der Waals surface area contributed by atoms with E-state index in [0.717, 1.165) is 23.7 Å². The molecule has 118 valence electrons. The first-order valence-electron chi connectivity index (χ1n) is 7.59. The number of ether oxygens (including phenoxy) is 1. The molecule has 1 aromatic rings. The lowest BCUT2D eigenvalue weighted by Gasteiger charge is -2.43. The minimum atomic E-state index is -1.05. The number of nitrogens with one attached hydrogen (secondary N) is 2. The maximum Gasteiger partial charge on any atom is 0.322 e. The van der Waals surface area contributed by atoms with Crippen molar-refractivity contribution >= 4 is 27.9 Å². The monoisotopic (exact) mass is 366 g/mol. The summed E-state index contributed by atoms with van der Waals surface area (Å²) < 4.78 is 6.97. The number of imide groups is 1. The molecule has 1 aromatic carbocycles. The van der Waals surface area contributed by atoms with Crippen LogP contribution in [0.1, 0.15) is 38.7 Å². The molecule has 5 nitrogen and oxygen atoms in total. The van der Waals surface area contributed by atoms with Crippen molar-refractivity contribution in [2.24, 2.45) is 5.92 Å². The molecule has 22 heavy (non-hydrogen) atoms. The summed E-state index contributed by atoms with van der Waals surface area (Å²) in [5.74, 6) is 0.223. The van der Waals surface area contributed by atoms with E-state index in [1.807, 2.05) is 25.1 Å². The van der Waals surface area contributed by atoms with Gasteiger partial charge >= 0.3 is 6.03 Å². The van der Waals surface area contributed by atoms with Gasteiger partial charge in [0, 0.05) is 16.0 Å². The van der Waals surface area contributed by atoms with Crippen LogP contribution in [-0.4, -0.2) is 18.0 Å². The van der Waals surface area contributed by atoms with Gasteiger partial charge in [0.25, 0.3) is 5.91 Å². The molecular weight excluding hydrogens is 348 g/mol. The molecule has 0 bridgehead atoms. The van der Waals surface area contributed by atoms with Crippen LogP contribution >= 0.6 is 15.9 Å². The number of carbonyl (C=O) groups excluding carboxylic acids is 2. The van der Waals surface area contributed by atoms with Gasteiger partial charge in [-0.2, -0.15) is 0 Å². The molecule has 3 rings (SSSR count). The summed E-state index contributed by atoms with van der Waals surface area (Å²) in [4.78, 5) is 24.4. The van der Waals surface area contributed by atoms with Crippen molar-refractivity contribution in [3.63, 3.8) is 0 Å². The first-order valence-corrected chi connectivity index (χ1v) is 8.38. The van der Waals surface area contributed by atoms with Crippen LogP contribution in [0.25, 0.3) is 0 Å². The molecule has 3 amide bonds. The Labute approximate surface area is 137 Å². The Morgan fingerprint density at radius 2 is 2.14 bits per heavy atom. The van der Waals surface area contributed by atoms with Gasteiger partial charge in [-0.1, -0.05) is 42.6 Å². The number of hydrogen-bond donors (Lipinski definition) is 2. The Balaban J connectivity index is 2.11. The van der Waals surface area contributed by atoms with Crippen molar-refractivity contribution < 1.29 is 14.3 Å². The van der Waals surface area contributed by atoms with E-state index in [0.29, 0.717) is 11.3 Å². The Morgan fingerprint density at radius 3 is 2.77 bits per heavy atom. The first kappa shape index (κ1) is 15.3. The van der Waals surface area contributed by atoms with Gasteiger partial charge in [-0.25, -0.2) is 4.79 Å². The number of benzene rings is 1. The normalized spacial score (nSPS) is 29.8. The van der Waals surface area contributed by atoms with E-state index in [1.165, 1.54) is 0 Å². The third-order valence-electron chi connectivity index (χ3n) is 4.62. The molecule has 2 aliphatic rings. The smallest absolute Gasteiger partial charge is 0.322 e. The summed E-state index contributed by atoms with van der Waals surface area (Å²) in [6.07, 6.45) is 2.84. The highest BCUT2D eigenvalue weighted by Gasteiger charge is 2.57. The minimum absolute atomic E-state index is 0.0993. The second kappa shape index (κ2) is 5.57. The largest absolute Gasteiger partial charge is 0.490 e. The number of carbonyl (C=O) groups is 2. The number of unbranched alkanes of at least 4 members (excludes halogenated alkanes) is 1. The second-order valence-electron chi connectivity index (χ2n) is 5.94. The number of urea groups is 1. The quantitative estimate of drug-likeness (QED) is 0.807. The Kier molecular flexibility index (Phi) is 3.89. The van der Waals surface area contributed by atoms with Crippen LogP contribution < -0.4 is 15.4 Å². The summed E-state index contributed by atoms with van der Waals surface area (Å²) in [6, 6.07) is 5.14. The molecule has 2 heterocycles. The van der Waals surface area contributed by atoms with Crippen molar-refractivity contribution in [2.75, 3.05) is 0 Å². The van der Waals surface area contributed by atoms with E-state index in [-0.39, 0.29) is 17.9 Å². The predicted molar refractivity (Wildman–Crippen MR) is 85.6 cm³/mol. The molecule has 3 unspecified atom stereocenters. The Hall–Kier alpha value is -1.56. The molecule has 0 aromatic heterocycles. The highest BCUT2D eigenvalue weighted by Crippen LogP contribution is 2.46. The highest BCUT2D eigenvalue weighted by atomic mass is 79.9. The fourth-order valence-corrected chi connectivity index (χ4v) is 3.76. The molecule has 1 spiro atoms. The maximum atomic E-state index is 12.6. The van der Waals surface area contributed by atoms with Crippen LogP contribution in [0.15, 0.2) is 22.7 Å². The van der Waals surface area contributed by atoms with E-state index in [4.69, 9.17) is 4.74 Å². The van der Waals surface area contributed by atoms with Crippen molar-refractivity contribution in [3.8, 4) is 5.75 Å². The summed E-state index contributed by atoms with van der Waals surface area (Å²) in [6.45, 7) is 4.09. The lowest BCUT2D eigenvalue weighted by atomic mass is 9.73. The van der Waals surface area contributed by atoms with Gasteiger partial charge < -0.3 is 10.1 Å². The average Bonchev–Trinajstić information content (AvgIpc) is 2.78. The molecule has 6 heteroatoms. The lowest BCUT2D eigenvalue weighted by molar-refractivity contribution is -0.129. The van der Waals surface area contributed by atoms with Crippen LogP contribution in [0, 0.1) is 5.92 Å². The van der Waals surface area contributed by atoms with E-state index in [1.54, 1.807) is 0 Å². The zero-order valence-corrected chi connectivity index (χ0v) is 14.2. The van der Waals surface area contributed by atoms with Crippen molar-refractivity contribution in [1.29, 1.82) is 0 Å². The van der Waals surface area contributed by atoms with Crippen molar-refractivity contribution in [2.45, 2.75) is 44.8 Å². The SMILES string of the molecule is CCCCC1Oc2ccc(Br)cc2C2(NC(=O)NC2=O)C1C. The van der Waals surface area contributed by atoms with E-state index in [2.05, 4.69) is 33.5 Å². The first-order chi connectivity index (χ1) is 10.5. The lowest BCUT2D eigenvalue weighted by Crippen LogP contribution is -2.56. The molecule has 1 saturated heterocycles. The molecule has 2 N–H and O–H groups in total. The molecule has 1 fully saturated rings. The fraction of sp³-hybridized carbons (Fsp3) is 0.500. The summed E-state index contributed by atoms with van der Waals surface area (Å²) in [7, 11) is 0. The Morgan fingerprint density at radius 1 is 1.36 bits per heavy atom. The standard InChI is InChI=1S/C16H19BrN2O3/c1-3-4-5-12-9(2)16(14(20)18-15(21)19-16)11-8-10(17)6-7-13(11)22-12/h6-9,12H,3-5H2,1-2H3,(H2,18,19,20,21). The van der Waals surface area contributed by atoms with E-state index >= 15 is 0 Å². The molecular formula is C16H19BrN2O3. The van der Waals surface area contributed by atoms with Gasteiger partial charge in [-0.15, -0.1) is 0 Å². The molecule has 0 aliphatic carbocycles. The second-order valence-corrected chi connectivity index (χ2v) is 6.86. The Bertz CT molecular complexity index is 634. The molecule has 0 radical (unpaired) electrons. The van der Waals surface area contributed by atoms with E-state index in [9.17, 15) is 9.59 Å². The minimum Gasteiger partial charge on any atom is -0.490 e. The number of hydrogen-bond acceptors (Lipinski definition) is 3. The van der Waals surface area contributed by atoms with E-state index < -0.39 is 11.6 Å². The van der Waals surface area contributed by atoms with Crippen molar-refractivity contribution in [1.82, 2.24) is 10.6 Å². The third-order valence-corrected chi connectivity index (χ3v) is 5.12. The number of rotatable bonds is 3. The van der Waals surface area contributed by atoms with Crippen LogP contribution in [-0.2, 0) is 10.3 Å². The van der Waals surface area contributed by atoms with Crippen LogP contribution in [0.5, 0.6) is 5.75 Å². The number of halogens is 1. The van der Waals surface area contributed by atoms with Crippen molar-refractivity contribution in [3.05, 3.63) is 28.2 Å².